The molecule has 0 atom stereocenters. The smallest absolute Gasteiger partial charge is 0.122 e. The molecule has 0 amide bonds. The van der Waals surface area contributed by atoms with E-state index in [0.29, 0.717) is 6.54 Å². The van der Waals surface area contributed by atoms with Crippen molar-refractivity contribution in [1.29, 1.82) is 0 Å². The minimum Gasteiger partial charge on any atom is -0.337 e. The van der Waals surface area contributed by atoms with E-state index in [4.69, 9.17) is 5.73 Å². The Balaban J connectivity index is 1.91. The van der Waals surface area contributed by atoms with Gasteiger partial charge in [0.2, 0.25) is 0 Å². The van der Waals surface area contributed by atoms with Gasteiger partial charge in [0.05, 0.1) is 6.54 Å². The number of benzene rings is 1. The predicted octanol–water partition coefficient (Wildman–Crippen LogP) is 1.55. The zero-order valence-electron chi connectivity index (χ0n) is 11.7. The molecular formula is C15H22N4. The first kappa shape index (κ1) is 13.8. The minimum absolute atomic E-state index is 0.707. The van der Waals surface area contributed by atoms with Crippen molar-refractivity contribution in [2.45, 2.75) is 19.5 Å². The van der Waals surface area contributed by atoms with E-state index in [9.17, 15) is 0 Å². The molecular weight excluding hydrogens is 236 g/mol. The highest BCUT2D eigenvalue weighted by Crippen LogP contribution is 2.09. The van der Waals surface area contributed by atoms with Gasteiger partial charge in [-0.1, -0.05) is 24.3 Å². The fourth-order valence-corrected chi connectivity index (χ4v) is 2.14. The maximum Gasteiger partial charge on any atom is 0.122 e. The third-order valence-corrected chi connectivity index (χ3v) is 3.24. The first-order chi connectivity index (χ1) is 9.19. The highest BCUT2D eigenvalue weighted by molar-refractivity contribution is 5.22. The molecule has 0 fully saturated rings. The lowest BCUT2D eigenvalue weighted by Gasteiger charge is -2.16. The zero-order valence-corrected chi connectivity index (χ0v) is 11.7. The van der Waals surface area contributed by atoms with Crippen LogP contribution in [0.3, 0.4) is 0 Å². The quantitative estimate of drug-likeness (QED) is 0.855. The van der Waals surface area contributed by atoms with Crippen LogP contribution in [0.15, 0.2) is 36.7 Å². The number of hydrogen-bond donors (Lipinski definition) is 1. The van der Waals surface area contributed by atoms with E-state index >= 15 is 0 Å². The Labute approximate surface area is 114 Å². The minimum atomic E-state index is 0.707. The zero-order chi connectivity index (χ0) is 13.7. The summed E-state index contributed by atoms with van der Waals surface area (Å²) in [6, 6.07) is 8.69. The van der Waals surface area contributed by atoms with E-state index in [1.165, 1.54) is 11.1 Å². The molecule has 0 aliphatic heterocycles. The van der Waals surface area contributed by atoms with Crippen LogP contribution in [-0.2, 0) is 26.6 Å². The lowest BCUT2D eigenvalue weighted by molar-refractivity contribution is 0.307. The third-order valence-electron chi connectivity index (χ3n) is 3.24. The predicted molar refractivity (Wildman–Crippen MR) is 77.6 cm³/mol. The van der Waals surface area contributed by atoms with Gasteiger partial charge in [0.15, 0.2) is 0 Å². The average molecular weight is 258 g/mol. The van der Waals surface area contributed by atoms with Crippen molar-refractivity contribution in [3.05, 3.63) is 53.6 Å². The molecule has 0 aliphatic carbocycles. The molecule has 1 aromatic heterocycles. The second kappa shape index (κ2) is 6.50. The van der Waals surface area contributed by atoms with Crippen LogP contribution < -0.4 is 5.73 Å². The molecule has 0 unspecified atom stereocenters. The molecule has 4 heteroatoms. The first-order valence-electron chi connectivity index (χ1n) is 6.61. The summed E-state index contributed by atoms with van der Waals surface area (Å²) >= 11 is 0. The van der Waals surface area contributed by atoms with E-state index in [-0.39, 0.29) is 0 Å². The van der Waals surface area contributed by atoms with Gasteiger partial charge < -0.3 is 10.3 Å². The molecule has 0 saturated heterocycles. The summed E-state index contributed by atoms with van der Waals surface area (Å²) in [4.78, 5) is 6.61. The third kappa shape index (κ3) is 3.91. The Kier molecular flexibility index (Phi) is 4.71. The van der Waals surface area contributed by atoms with E-state index < -0.39 is 0 Å². The van der Waals surface area contributed by atoms with Crippen LogP contribution in [0.1, 0.15) is 17.0 Å². The fraction of sp³-hybridized carbons (Fsp3) is 0.400. The normalized spacial score (nSPS) is 11.2. The molecule has 2 aromatic rings. The second-order valence-electron chi connectivity index (χ2n) is 4.98. The van der Waals surface area contributed by atoms with Crippen LogP contribution >= 0.6 is 0 Å². The van der Waals surface area contributed by atoms with Gasteiger partial charge >= 0.3 is 0 Å². The Bertz CT molecular complexity index is 501. The summed E-state index contributed by atoms with van der Waals surface area (Å²) < 4.78 is 2.06. The van der Waals surface area contributed by atoms with Crippen molar-refractivity contribution >= 4 is 0 Å². The van der Waals surface area contributed by atoms with E-state index in [1.807, 2.05) is 19.4 Å². The molecule has 0 saturated carbocycles. The summed E-state index contributed by atoms with van der Waals surface area (Å²) in [5, 5.41) is 0. The largest absolute Gasteiger partial charge is 0.337 e. The highest BCUT2D eigenvalue weighted by Gasteiger charge is 2.05. The van der Waals surface area contributed by atoms with Gasteiger partial charge in [-0.25, -0.2) is 4.98 Å². The summed E-state index contributed by atoms with van der Waals surface area (Å²) in [7, 11) is 4.14. The molecule has 0 aliphatic rings. The standard InChI is InChI=1S/C15H22N4/c1-18(12-15-17-9-10-19(15)2)11-14-5-3-13(4-6-14)7-8-16/h3-6,9-10H,7-8,11-12,16H2,1-2H3. The Morgan fingerprint density at radius 3 is 2.42 bits per heavy atom. The van der Waals surface area contributed by atoms with E-state index in [1.54, 1.807) is 0 Å². The van der Waals surface area contributed by atoms with Crippen molar-refractivity contribution in [2.24, 2.45) is 12.8 Å². The van der Waals surface area contributed by atoms with Crippen molar-refractivity contribution < 1.29 is 0 Å². The van der Waals surface area contributed by atoms with E-state index in [2.05, 4.69) is 45.8 Å². The van der Waals surface area contributed by atoms with Gasteiger partial charge in [-0.3, -0.25) is 4.90 Å². The van der Waals surface area contributed by atoms with Crippen molar-refractivity contribution in [3.8, 4) is 0 Å². The Morgan fingerprint density at radius 2 is 1.84 bits per heavy atom. The molecule has 2 N–H and O–H groups in total. The van der Waals surface area contributed by atoms with Gasteiger partial charge in [0.1, 0.15) is 5.82 Å². The molecule has 1 heterocycles. The topological polar surface area (TPSA) is 47.1 Å². The molecule has 0 bridgehead atoms. The number of rotatable bonds is 6. The molecule has 19 heavy (non-hydrogen) atoms. The van der Waals surface area contributed by atoms with Crippen LogP contribution in [0.4, 0.5) is 0 Å². The van der Waals surface area contributed by atoms with Gasteiger partial charge in [0.25, 0.3) is 0 Å². The molecule has 0 spiro atoms. The number of nitrogens with two attached hydrogens (primary N) is 1. The summed E-state index contributed by atoms with van der Waals surface area (Å²) in [5.74, 6) is 1.09. The molecule has 4 nitrogen and oxygen atoms in total. The Hall–Kier alpha value is -1.65. The molecule has 1 aromatic carbocycles. The number of aryl methyl sites for hydroxylation is 1. The lowest BCUT2D eigenvalue weighted by atomic mass is 10.1. The van der Waals surface area contributed by atoms with Crippen LogP contribution in [0.5, 0.6) is 0 Å². The van der Waals surface area contributed by atoms with Crippen LogP contribution in [-0.4, -0.2) is 28.0 Å². The number of aromatic nitrogens is 2. The maximum atomic E-state index is 5.55. The summed E-state index contributed by atoms with van der Waals surface area (Å²) in [6.45, 7) is 2.49. The number of imidazole rings is 1. The lowest BCUT2D eigenvalue weighted by Crippen LogP contribution is -2.19. The first-order valence-corrected chi connectivity index (χ1v) is 6.61. The number of hydrogen-bond acceptors (Lipinski definition) is 3. The average Bonchev–Trinajstić information content (AvgIpc) is 2.78. The highest BCUT2D eigenvalue weighted by atomic mass is 15.1. The van der Waals surface area contributed by atoms with Crippen molar-refractivity contribution in [1.82, 2.24) is 14.5 Å². The number of nitrogens with zero attached hydrogens (tertiary/aromatic N) is 3. The Morgan fingerprint density at radius 1 is 1.16 bits per heavy atom. The van der Waals surface area contributed by atoms with Gasteiger partial charge in [-0.15, -0.1) is 0 Å². The van der Waals surface area contributed by atoms with Crippen molar-refractivity contribution in [3.63, 3.8) is 0 Å². The van der Waals surface area contributed by atoms with E-state index in [0.717, 1.165) is 25.3 Å². The van der Waals surface area contributed by atoms with Crippen LogP contribution in [0.25, 0.3) is 0 Å². The van der Waals surface area contributed by atoms with Gasteiger partial charge in [-0.2, -0.15) is 0 Å². The fourth-order valence-electron chi connectivity index (χ4n) is 2.14. The van der Waals surface area contributed by atoms with Gasteiger partial charge in [-0.05, 0) is 31.1 Å². The SMILES string of the molecule is CN(Cc1ccc(CCN)cc1)Cc1nccn1C. The summed E-state index contributed by atoms with van der Waals surface area (Å²) in [5.41, 5.74) is 8.17. The van der Waals surface area contributed by atoms with Crippen LogP contribution in [0.2, 0.25) is 0 Å². The molecule has 0 radical (unpaired) electrons. The van der Waals surface area contributed by atoms with Crippen LogP contribution in [0, 0.1) is 0 Å². The second-order valence-corrected chi connectivity index (χ2v) is 4.98. The summed E-state index contributed by atoms with van der Waals surface area (Å²) in [6.07, 6.45) is 4.76. The molecule has 102 valence electrons. The van der Waals surface area contributed by atoms with Gasteiger partial charge in [0, 0.05) is 26.0 Å². The van der Waals surface area contributed by atoms with Crippen molar-refractivity contribution in [2.75, 3.05) is 13.6 Å². The molecule has 2 rings (SSSR count). The maximum absolute atomic E-state index is 5.55. The monoisotopic (exact) mass is 258 g/mol.